The predicted octanol–water partition coefficient (Wildman–Crippen LogP) is 3.55. The number of fused-ring (bicyclic) bond motifs is 1. The van der Waals surface area contributed by atoms with Crippen molar-refractivity contribution in [3.05, 3.63) is 59.6 Å². The average Bonchev–Trinajstić information content (AvgIpc) is 3.80. The lowest BCUT2D eigenvalue weighted by Crippen LogP contribution is -2.46. The fourth-order valence-electron chi connectivity index (χ4n) is 6.30. The van der Waals surface area contributed by atoms with E-state index in [1.165, 1.54) is 46.0 Å². The third kappa shape index (κ3) is 7.20. The largest absolute Gasteiger partial charge is 0.434 e. The van der Waals surface area contributed by atoms with Crippen LogP contribution >= 0.6 is 11.6 Å². The Hall–Kier alpha value is -4.63. The summed E-state index contributed by atoms with van der Waals surface area (Å²) in [6.07, 6.45) is 9.46. The number of benzene rings is 1. The number of hydrogen-bond donors (Lipinski definition) is 2. The van der Waals surface area contributed by atoms with E-state index in [2.05, 4.69) is 30.7 Å². The van der Waals surface area contributed by atoms with Crippen molar-refractivity contribution >= 4 is 40.7 Å². The van der Waals surface area contributed by atoms with E-state index in [9.17, 15) is 23.2 Å². The van der Waals surface area contributed by atoms with Crippen molar-refractivity contribution in [3.63, 3.8) is 0 Å². The van der Waals surface area contributed by atoms with Crippen molar-refractivity contribution in [3.8, 4) is 17.0 Å². The molecule has 16 heteroatoms. The van der Waals surface area contributed by atoms with Crippen LogP contribution < -0.4 is 15.4 Å². The number of rotatable bonds is 10. The third-order valence-electron chi connectivity index (χ3n) is 8.62. The lowest BCUT2D eigenvalue weighted by atomic mass is 9.95. The minimum Gasteiger partial charge on any atom is -0.434 e. The van der Waals surface area contributed by atoms with Gasteiger partial charge >= 0.3 is 6.61 Å². The highest BCUT2D eigenvalue weighted by atomic mass is 35.5. The Kier molecular flexibility index (Phi) is 9.63. The lowest BCUT2D eigenvalue weighted by Gasteiger charge is -2.35. The van der Waals surface area contributed by atoms with Crippen molar-refractivity contribution < 1.29 is 27.9 Å². The zero-order chi connectivity index (χ0) is 33.1. The second-order valence-corrected chi connectivity index (χ2v) is 12.0. The molecule has 248 valence electrons. The highest BCUT2D eigenvalue weighted by Gasteiger charge is 2.33. The minimum atomic E-state index is -3.12. The molecule has 3 amide bonds. The number of ether oxygens (including phenoxy) is 1. The fraction of sp³-hybridized carbons (Fsp3) is 0.419. The van der Waals surface area contributed by atoms with E-state index in [0.717, 1.165) is 38.8 Å². The number of likely N-dealkylation sites (tertiary alicyclic amines) is 2. The van der Waals surface area contributed by atoms with E-state index >= 15 is 0 Å². The Morgan fingerprint density at radius 1 is 1.15 bits per heavy atom. The molecule has 1 aromatic carbocycles. The number of carbonyl (C=O) groups excluding carboxylic acids is 3. The molecule has 2 saturated heterocycles. The van der Waals surface area contributed by atoms with Gasteiger partial charge < -0.3 is 20.3 Å². The molecule has 1 unspecified atom stereocenters. The molecule has 13 nitrogen and oxygen atoms in total. The van der Waals surface area contributed by atoms with Crippen molar-refractivity contribution in [2.45, 2.75) is 44.9 Å². The highest BCUT2D eigenvalue weighted by molar-refractivity contribution is 6.31. The van der Waals surface area contributed by atoms with Gasteiger partial charge in [0.2, 0.25) is 11.8 Å². The van der Waals surface area contributed by atoms with E-state index in [0.29, 0.717) is 24.7 Å². The number of likely N-dealkylation sites (N-methyl/N-ethyl adjacent to an activating group) is 1. The van der Waals surface area contributed by atoms with Crippen molar-refractivity contribution in [1.82, 2.24) is 39.5 Å². The highest BCUT2D eigenvalue weighted by Crippen LogP contribution is 2.37. The summed E-state index contributed by atoms with van der Waals surface area (Å²) in [7, 11) is 1.66. The molecule has 3 aromatic heterocycles. The summed E-state index contributed by atoms with van der Waals surface area (Å²) >= 11 is 6.23. The van der Waals surface area contributed by atoms with Crippen LogP contribution in [0.5, 0.6) is 5.75 Å². The van der Waals surface area contributed by atoms with Gasteiger partial charge in [0.05, 0.1) is 17.9 Å². The molecule has 5 heterocycles. The van der Waals surface area contributed by atoms with Gasteiger partial charge in [-0.3, -0.25) is 24.0 Å². The number of anilines is 1. The van der Waals surface area contributed by atoms with E-state index < -0.39 is 12.5 Å². The van der Waals surface area contributed by atoms with Crippen LogP contribution in [0.3, 0.4) is 0 Å². The van der Waals surface area contributed by atoms with Gasteiger partial charge in [-0.25, -0.2) is 9.50 Å². The zero-order valence-electron chi connectivity index (χ0n) is 25.6. The quantitative estimate of drug-likeness (QED) is 0.262. The predicted molar refractivity (Wildman–Crippen MR) is 168 cm³/mol. The lowest BCUT2D eigenvalue weighted by molar-refractivity contribution is -0.133. The molecule has 2 fully saturated rings. The number of nitrogens with one attached hydrogen (secondary N) is 2. The molecule has 0 radical (unpaired) electrons. The van der Waals surface area contributed by atoms with Crippen LogP contribution in [0.2, 0.25) is 5.02 Å². The maximum atomic E-state index is 13.4. The van der Waals surface area contributed by atoms with E-state index in [1.54, 1.807) is 24.2 Å². The second kappa shape index (κ2) is 14.0. The number of nitrogens with zero attached hydrogens (tertiary/aromatic N) is 7. The SMILES string of the molecule is CNC(=O)C1CCCN1CC1CCN(C(=O)Cn2cc(NC(=O)c3cnn4cccnc34)c(-c3cc(Cl)ccc3OC(F)F)n2)CC1. The number of alkyl halides is 2. The Labute approximate surface area is 273 Å². The Morgan fingerprint density at radius 2 is 1.96 bits per heavy atom. The van der Waals surface area contributed by atoms with Gasteiger partial charge in [-0.2, -0.15) is 19.0 Å². The molecule has 2 aliphatic rings. The summed E-state index contributed by atoms with van der Waals surface area (Å²) < 4.78 is 34.2. The first-order valence-electron chi connectivity index (χ1n) is 15.4. The van der Waals surface area contributed by atoms with Gasteiger partial charge in [0.25, 0.3) is 5.91 Å². The summed E-state index contributed by atoms with van der Waals surface area (Å²) in [5.74, 6) is -0.532. The van der Waals surface area contributed by atoms with Crippen LogP contribution in [0.25, 0.3) is 16.9 Å². The van der Waals surface area contributed by atoms with Gasteiger partial charge in [0.15, 0.2) is 5.65 Å². The van der Waals surface area contributed by atoms with E-state index in [4.69, 9.17) is 16.3 Å². The Bertz CT molecular complexity index is 1770. The minimum absolute atomic E-state index is 0.0465. The van der Waals surface area contributed by atoms with Gasteiger partial charge in [0, 0.05) is 55.9 Å². The average molecular weight is 670 g/mol. The fourth-order valence-corrected chi connectivity index (χ4v) is 6.47. The Balaban J connectivity index is 1.19. The molecule has 0 aliphatic carbocycles. The number of hydrogen-bond acceptors (Lipinski definition) is 8. The van der Waals surface area contributed by atoms with Crippen molar-refractivity contribution in [1.29, 1.82) is 0 Å². The third-order valence-corrected chi connectivity index (χ3v) is 8.85. The molecular weight excluding hydrogens is 636 g/mol. The van der Waals surface area contributed by atoms with Crippen LogP contribution in [0, 0.1) is 5.92 Å². The smallest absolute Gasteiger partial charge is 0.387 e. The summed E-state index contributed by atoms with van der Waals surface area (Å²) in [5, 5.41) is 14.4. The maximum Gasteiger partial charge on any atom is 0.387 e. The molecule has 4 aromatic rings. The van der Waals surface area contributed by atoms with E-state index in [1.807, 2.05) is 0 Å². The number of carbonyl (C=O) groups is 3. The van der Waals surface area contributed by atoms with Gasteiger partial charge in [-0.05, 0) is 62.4 Å². The number of piperidine rings is 1. The monoisotopic (exact) mass is 669 g/mol. The molecular formula is C31H34ClF2N9O4. The normalized spacial score (nSPS) is 17.4. The first kappa shape index (κ1) is 32.3. The molecule has 6 rings (SSSR count). The van der Waals surface area contributed by atoms with Crippen molar-refractivity contribution in [2.75, 3.05) is 38.5 Å². The first-order chi connectivity index (χ1) is 22.7. The van der Waals surface area contributed by atoms with Gasteiger partial charge in [-0.1, -0.05) is 11.6 Å². The second-order valence-electron chi connectivity index (χ2n) is 11.6. The van der Waals surface area contributed by atoms with Crippen LogP contribution in [0.4, 0.5) is 14.5 Å². The van der Waals surface area contributed by atoms with Crippen molar-refractivity contribution in [2.24, 2.45) is 5.92 Å². The summed E-state index contributed by atoms with van der Waals surface area (Å²) in [5.41, 5.74) is 0.832. The number of amides is 3. The molecule has 0 bridgehead atoms. The van der Waals surface area contributed by atoms with Gasteiger partial charge in [0.1, 0.15) is 23.6 Å². The first-order valence-corrected chi connectivity index (χ1v) is 15.7. The molecule has 47 heavy (non-hydrogen) atoms. The summed E-state index contributed by atoms with van der Waals surface area (Å²) in [6.45, 7) is -0.449. The molecule has 0 saturated carbocycles. The number of aromatic nitrogens is 5. The Morgan fingerprint density at radius 3 is 2.72 bits per heavy atom. The topological polar surface area (TPSA) is 139 Å². The summed E-state index contributed by atoms with van der Waals surface area (Å²) in [6, 6.07) is 5.67. The van der Waals surface area contributed by atoms with E-state index in [-0.39, 0.29) is 57.7 Å². The molecule has 1 atom stereocenters. The molecule has 2 aliphatic heterocycles. The van der Waals surface area contributed by atoms with Gasteiger partial charge in [-0.15, -0.1) is 0 Å². The number of halogens is 3. The zero-order valence-corrected chi connectivity index (χ0v) is 26.4. The maximum absolute atomic E-state index is 13.4. The van der Waals surface area contributed by atoms with Crippen LogP contribution in [0.15, 0.2) is 49.1 Å². The molecule has 2 N–H and O–H groups in total. The summed E-state index contributed by atoms with van der Waals surface area (Å²) in [4.78, 5) is 47.3. The van der Waals surface area contributed by atoms with Crippen LogP contribution in [-0.2, 0) is 16.1 Å². The van der Waals surface area contributed by atoms with Crippen LogP contribution in [-0.4, -0.2) is 97.8 Å². The molecule has 0 spiro atoms. The van der Waals surface area contributed by atoms with Crippen LogP contribution in [0.1, 0.15) is 36.0 Å². The standard InChI is InChI=1S/C31H34ClF2N9O4/c1-35-30(46)24-4-2-10-41(24)16-19-7-12-40(13-8-19)26(44)18-42-17-23(38-29(45)22-15-37-43-11-3-9-36-28(22)43)27(39-42)21-14-20(32)5-6-25(21)47-31(33)34/h3,5-6,9,11,14-15,17,19,24,31H,2,4,7-8,10,12-13,16,18H2,1H3,(H,35,46)(H,38,45).